The average Bonchev–Trinajstić information content (AvgIpc) is 2.57. The van der Waals surface area contributed by atoms with Gasteiger partial charge in [-0.05, 0) is 54.5 Å². The first-order valence-electron chi connectivity index (χ1n) is 7.90. The van der Waals surface area contributed by atoms with Gasteiger partial charge >= 0.3 is 6.16 Å². The molecule has 2 rings (SSSR count). The minimum atomic E-state index is -0.672. The number of hydrogen-bond donors (Lipinski definition) is 0. The number of benzene rings is 2. The number of thioether (sulfide) groups is 1. The molecule has 4 heteroatoms. The smallest absolute Gasteiger partial charge is 0.434 e. The van der Waals surface area contributed by atoms with E-state index >= 15 is 0 Å². The highest BCUT2D eigenvalue weighted by Crippen LogP contribution is 2.26. The molecule has 0 saturated heterocycles. The standard InChI is InChI=1S/C19H22O3S/c1-3-5-14-23-18-12-8-16(9-13-18)15-6-10-17(11-7-15)22-19(20)21-4-2/h6-13H,3-5,14H2,1-2H3. The lowest BCUT2D eigenvalue weighted by Gasteiger charge is -2.07. The maximum atomic E-state index is 11.3. The number of carbonyl (C=O) groups excluding carboxylic acids is 1. The molecule has 0 unspecified atom stereocenters. The molecule has 0 aliphatic rings. The van der Waals surface area contributed by atoms with E-state index in [1.165, 1.54) is 17.7 Å². The Bertz CT molecular complexity index is 606. The molecule has 0 saturated carbocycles. The summed E-state index contributed by atoms with van der Waals surface area (Å²) in [5, 5.41) is 0. The van der Waals surface area contributed by atoms with Crippen LogP contribution < -0.4 is 4.74 Å². The van der Waals surface area contributed by atoms with Gasteiger partial charge in [0.25, 0.3) is 0 Å². The van der Waals surface area contributed by atoms with Crippen LogP contribution in [0.4, 0.5) is 4.79 Å². The Morgan fingerprint density at radius 1 is 0.957 bits per heavy atom. The predicted molar refractivity (Wildman–Crippen MR) is 95.2 cm³/mol. The summed E-state index contributed by atoms with van der Waals surface area (Å²) in [6.45, 7) is 4.26. The summed E-state index contributed by atoms with van der Waals surface area (Å²) < 4.78 is 9.81. The fourth-order valence-corrected chi connectivity index (χ4v) is 3.03. The zero-order valence-corrected chi connectivity index (χ0v) is 14.4. The molecule has 0 spiro atoms. The van der Waals surface area contributed by atoms with E-state index in [2.05, 4.69) is 31.2 Å². The summed E-state index contributed by atoms with van der Waals surface area (Å²) in [4.78, 5) is 12.6. The Labute approximate surface area is 142 Å². The third kappa shape index (κ3) is 5.64. The van der Waals surface area contributed by atoms with Crippen molar-refractivity contribution in [2.45, 2.75) is 31.6 Å². The fraction of sp³-hybridized carbons (Fsp3) is 0.316. The van der Waals surface area contributed by atoms with Gasteiger partial charge in [-0.1, -0.05) is 37.6 Å². The Kier molecular flexibility index (Phi) is 7.01. The highest BCUT2D eigenvalue weighted by atomic mass is 32.2. The highest BCUT2D eigenvalue weighted by Gasteiger charge is 2.05. The van der Waals surface area contributed by atoms with E-state index in [-0.39, 0.29) is 0 Å². The summed E-state index contributed by atoms with van der Waals surface area (Å²) in [6.07, 6.45) is 1.80. The van der Waals surface area contributed by atoms with Gasteiger partial charge in [-0.15, -0.1) is 11.8 Å². The molecule has 0 amide bonds. The second-order valence-electron chi connectivity index (χ2n) is 5.04. The Morgan fingerprint density at radius 3 is 2.13 bits per heavy atom. The molecule has 122 valence electrons. The lowest BCUT2D eigenvalue weighted by Crippen LogP contribution is -2.09. The summed E-state index contributed by atoms with van der Waals surface area (Å²) in [5.74, 6) is 1.65. The molecule has 0 N–H and O–H groups in total. The van der Waals surface area contributed by atoms with Crippen LogP contribution in [0.5, 0.6) is 5.75 Å². The van der Waals surface area contributed by atoms with Gasteiger partial charge in [0.2, 0.25) is 0 Å². The van der Waals surface area contributed by atoms with Crippen molar-refractivity contribution in [3.8, 4) is 16.9 Å². The van der Waals surface area contributed by atoms with Crippen molar-refractivity contribution in [1.29, 1.82) is 0 Å². The molecule has 3 nitrogen and oxygen atoms in total. The van der Waals surface area contributed by atoms with E-state index in [1.807, 2.05) is 23.9 Å². The van der Waals surface area contributed by atoms with Crippen molar-refractivity contribution >= 4 is 17.9 Å². The molecule has 0 fully saturated rings. The molecule has 0 aromatic heterocycles. The van der Waals surface area contributed by atoms with Gasteiger partial charge in [0.1, 0.15) is 5.75 Å². The van der Waals surface area contributed by atoms with Crippen molar-refractivity contribution < 1.29 is 14.3 Å². The number of unbranched alkanes of at least 4 members (excludes halogenated alkanes) is 1. The van der Waals surface area contributed by atoms with Crippen LogP contribution in [0.15, 0.2) is 53.4 Å². The van der Waals surface area contributed by atoms with Crippen molar-refractivity contribution in [3.05, 3.63) is 48.5 Å². The highest BCUT2D eigenvalue weighted by molar-refractivity contribution is 7.99. The predicted octanol–water partition coefficient (Wildman–Crippen LogP) is 5.78. The third-order valence-corrected chi connectivity index (χ3v) is 4.37. The molecule has 2 aromatic rings. The first-order valence-corrected chi connectivity index (χ1v) is 8.89. The van der Waals surface area contributed by atoms with Gasteiger partial charge in [-0.2, -0.15) is 0 Å². The van der Waals surface area contributed by atoms with E-state index in [0.717, 1.165) is 16.9 Å². The van der Waals surface area contributed by atoms with E-state index in [9.17, 15) is 4.79 Å². The van der Waals surface area contributed by atoms with Crippen molar-refractivity contribution in [2.75, 3.05) is 12.4 Å². The van der Waals surface area contributed by atoms with Crippen LogP contribution in [0.25, 0.3) is 11.1 Å². The second kappa shape index (κ2) is 9.26. The first kappa shape index (κ1) is 17.4. The maximum absolute atomic E-state index is 11.3. The average molecular weight is 330 g/mol. The quantitative estimate of drug-likeness (QED) is 0.279. The zero-order valence-electron chi connectivity index (χ0n) is 13.6. The largest absolute Gasteiger partial charge is 0.513 e. The molecule has 0 bridgehead atoms. The van der Waals surface area contributed by atoms with E-state index in [4.69, 9.17) is 9.47 Å². The summed E-state index contributed by atoms with van der Waals surface area (Å²) in [7, 11) is 0. The number of carbonyl (C=O) groups is 1. The molecular formula is C19H22O3S. The van der Waals surface area contributed by atoms with Crippen LogP contribution in [-0.2, 0) is 4.74 Å². The molecule has 0 radical (unpaired) electrons. The number of ether oxygens (including phenoxy) is 2. The lowest BCUT2D eigenvalue weighted by atomic mass is 10.1. The van der Waals surface area contributed by atoms with Gasteiger partial charge in [-0.3, -0.25) is 0 Å². The van der Waals surface area contributed by atoms with Gasteiger partial charge in [0, 0.05) is 4.90 Å². The van der Waals surface area contributed by atoms with Crippen LogP contribution in [-0.4, -0.2) is 18.5 Å². The van der Waals surface area contributed by atoms with Gasteiger partial charge in [0.05, 0.1) is 6.61 Å². The Hall–Kier alpha value is -1.94. The normalized spacial score (nSPS) is 10.3. The van der Waals surface area contributed by atoms with Crippen LogP contribution in [0.1, 0.15) is 26.7 Å². The molecule has 0 atom stereocenters. The zero-order chi connectivity index (χ0) is 16.5. The van der Waals surface area contributed by atoms with Crippen LogP contribution >= 0.6 is 11.8 Å². The minimum Gasteiger partial charge on any atom is -0.434 e. The molecule has 23 heavy (non-hydrogen) atoms. The summed E-state index contributed by atoms with van der Waals surface area (Å²) >= 11 is 1.89. The molecule has 0 aliphatic carbocycles. The van der Waals surface area contributed by atoms with Crippen molar-refractivity contribution in [2.24, 2.45) is 0 Å². The molecule has 0 aliphatic heterocycles. The topological polar surface area (TPSA) is 35.5 Å². The van der Waals surface area contributed by atoms with Gasteiger partial charge in [0.15, 0.2) is 0 Å². The van der Waals surface area contributed by atoms with Crippen LogP contribution in [0.2, 0.25) is 0 Å². The van der Waals surface area contributed by atoms with E-state index in [0.29, 0.717) is 12.4 Å². The SMILES string of the molecule is CCCCSc1ccc(-c2ccc(OC(=O)OCC)cc2)cc1. The van der Waals surface area contributed by atoms with Crippen molar-refractivity contribution in [1.82, 2.24) is 0 Å². The maximum Gasteiger partial charge on any atom is 0.513 e. The first-order chi connectivity index (χ1) is 11.2. The third-order valence-electron chi connectivity index (χ3n) is 3.27. The summed E-state index contributed by atoms with van der Waals surface area (Å²) in [6, 6.07) is 16.0. The van der Waals surface area contributed by atoms with E-state index in [1.54, 1.807) is 19.1 Å². The monoisotopic (exact) mass is 330 g/mol. The second-order valence-corrected chi connectivity index (χ2v) is 6.20. The van der Waals surface area contributed by atoms with Crippen LogP contribution in [0.3, 0.4) is 0 Å². The Balaban J connectivity index is 1.97. The van der Waals surface area contributed by atoms with Crippen molar-refractivity contribution in [3.63, 3.8) is 0 Å². The number of hydrogen-bond acceptors (Lipinski definition) is 4. The molecular weight excluding hydrogens is 308 g/mol. The molecule has 0 heterocycles. The fourth-order valence-electron chi connectivity index (χ4n) is 2.04. The van der Waals surface area contributed by atoms with E-state index < -0.39 is 6.16 Å². The minimum absolute atomic E-state index is 0.305. The molecule has 2 aromatic carbocycles. The van der Waals surface area contributed by atoms with Gasteiger partial charge < -0.3 is 9.47 Å². The lowest BCUT2D eigenvalue weighted by molar-refractivity contribution is 0.104. The summed E-state index contributed by atoms with van der Waals surface area (Å²) in [5.41, 5.74) is 2.24. The van der Waals surface area contributed by atoms with Crippen LogP contribution in [0, 0.1) is 0 Å². The number of rotatable bonds is 7. The Morgan fingerprint density at radius 2 is 1.57 bits per heavy atom. The van der Waals surface area contributed by atoms with Gasteiger partial charge in [-0.25, -0.2) is 4.79 Å².